The number of rotatable bonds is 5. The van der Waals surface area contributed by atoms with Crippen molar-refractivity contribution in [1.29, 1.82) is 0 Å². The zero-order chi connectivity index (χ0) is 16.4. The van der Waals surface area contributed by atoms with Gasteiger partial charge in [0.1, 0.15) is 0 Å². The van der Waals surface area contributed by atoms with Gasteiger partial charge in [-0.15, -0.1) is 21.5 Å². The Kier molecular flexibility index (Phi) is 4.87. The first kappa shape index (κ1) is 16.3. The van der Waals surface area contributed by atoms with Gasteiger partial charge in [-0.3, -0.25) is 0 Å². The third kappa shape index (κ3) is 3.21. The van der Waals surface area contributed by atoms with Gasteiger partial charge in [0.25, 0.3) is 0 Å². The van der Waals surface area contributed by atoms with E-state index in [2.05, 4.69) is 72.2 Å². The van der Waals surface area contributed by atoms with Gasteiger partial charge in [0.05, 0.1) is 0 Å². The van der Waals surface area contributed by atoms with Crippen molar-refractivity contribution in [2.24, 2.45) is 7.05 Å². The number of hydrogen-bond donors (Lipinski definition) is 0. The maximum Gasteiger partial charge on any atom is 0.191 e. The van der Waals surface area contributed by atoms with E-state index in [0.29, 0.717) is 0 Å². The molecule has 0 unspecified atom stereocenters. The second kappa shape index (κ2) is 6.89. The summed E-state index contributed by atoms with van der Waals surface area (Å²) >= 11 is 3.54. The highest BCUT2D eigenvalue weighted by atomic mass is 32.2. The maximum atomic E-state index is 4.44. The molecule has 3 nitrogen and oxygen atoms in total. The summed E-state index contributed by atoms with van der Waals surface area (Å²) in [5.41, 5.74) is 5.29. The van der Waals surface area contributed by atoms with E-state index in [0.717, 1.165) is 23.2 Å². The van der Waals surface area contributed by atoms with E-state index in [9.17, 15) is 0 Å². The van der Waals surface area contributed by atoms with Gasteiger partial charge in [-0.2, -0.15) is 0 Å². The van der Waals surface area contributed by atoms with Crippen LogP contribution in [-0.2, 0) is 19.2 Å². The van der Waals surface area contributed by atoms with E-state index in [1.165, 1.54) is 27.1 Å². The first-order chi connectivity index (χ1) is 11.1. The molecule has 0 fully saturated rings. The Morgan fingerprint density at radius 3 is 2.70 bits per heavy atom. The molecule has 2 aromatic heterocycles. The minimum Gasteiger partial charge on any atom is -0.305 e. The standard InChI is InChI=1S/C18H21N3S2/c1-5-15-13(3)22-11-16(15)17-19-20-18(21(17)4)23-10-14-9-7-6-8-12(14)2/h6-9,11H,5,10H2,1-4H3. The molecule has 0 aliphatic rings. The maximum absolute atomic E-state index is 4.44. The van der Waals surface area contributed by atoms with E-state index < -0.39 is 0 Å². The molecule has 0 aliphatic heterocycles. The molecular formula is C18H21N3S2. The molecule has 0 radical (unpaired) electrons. The molecule has 0 aliphatic carbocycles. The second-order valence-corrected chi connectivity index (χ2v) is 7.64. The van der Waals surface area contributed by atoms with Crippen LogP contribution in [0.4, 0.5) is 0 Å². The zero-order valence-electron chi connectivity index (χ0n) is 14.0. The van der Waals surface area contributed by atoms with E-state index in [-0.39, 0.29) is 0 Å². The van der Waals surface area contributed by atoms with Crippen LogP contribution < -0.4 is 0 Å². The van der Waals surface area contributed by atoms with Crippen LogP contribution in [-0.4, -0.2) is 14.8 Å². The number of aryl methyl sites for hydroxylation is 2. The van der Waals surface area contributed by atoms with Crippen LogP contribution in [0.3, 0.4) is 0 Å². The van der Waals surface area contributed by atoms with Crippen molar-refractivity contribution in [3.63, 3.8) is 0 Å². The fraction of sp³-hybridized carbons (Fsp3) is 0.333. The van der Waals surface area contributed by atoms with Crippen molar-refractivity contribution in [2.45, 2.75) is 38.1 Å². The fourth-order valence-electron chi connectivity index (χ4n) is 2.70. The number of thiophene rings is 1. The van der Waals surface area contributed by atoms with Crippen molar-refractivity contribution < 1.29 is 0 Å². The molecule has 0 saturated heterocycles. The average molecular weight is 344 g/mol. The highest BCUT2D eigenvalue weighted by Crippen LogP contribution is 2.32. The molecule has 0 amide bonds. The van der Waals surface area contributed by atoms with Crippen LogP contribution >= 0.6 is 23.1 Å². The monoisotopic (exact) mass is 343 g/mol. The highest BCUT2D eigenvalue weighted by Gasteiger charge is 2.16. The summed E-state index contributed by atoms with van der Waals surface area (Å²) in [4.78, 5) is 1.37. The highest BCUT2D eigenvalue weighted by molar-refractivity contribution is 7.98. The summed E-state index contributed by atoms with van der Waals surface area (Å²) in [5.74, 6) is 1.89. The van der Waals surface area contributed by atoms with Crippen LogP contribution in [0.5, 0.6) is 0 Å². The molecule has 23 heavy (non-hydrogen) atoms. The number of benzene rings is 1. The van der Waals surface area contributed by atoms with Crippen LogP contribution in [0.25, 0.3) is 11.4 Å². The molecule has 5 heteroatoms. The predicted molar refractivity (Wildman–Crippen MR) is 99.2 cm³/mol. The summed E-state index contributed by atoms with van der Waals surface area (Å²) < 4.78 is 2.11. The lowest BCUT2D eigenvalue weighted by Gasteiger charge is -2.06. The summed E-state index contributed by atoms with van der Waals surface area (Å²) in [7, 11) is 2.06. The van der Waals surface area contributed by atoms with E-state index >= 15 is 0 Å². The fourth-order valence-corrected chi connectivity index (χ4v) is 4.62. The predicted octanol–water partition coefficient (Wildman–Crippen LogP) is 5.02. The smallest absolute Gasteiger partial charge is 0.191 e. The van der Waals surface area contributed by atoms with Gasteiger partial charge in [0.15, 0.2) is 11.0 Å². The molecule has 0 atom stereocenters. The number of aromatic nitrogens is 3. The molecule has 1 aromatic carbocycles. The minimum atomic E-state index is 0.919. The third-order valence-corrected chi connectivity index (χ3v) is 6.17. The first-order valence-corrected chi connectivity index (χ1v) is 9.62. The van der Waals surface area contributed by atoms with Crippen molar-refractivity contribution in [2.75, 3.05) is 0 Å². The second-order valence-electron chi connectivity index (χ2n) is 5.62. The van der Waals surface area contributed by atoms with Crippen LogP contribution in [0.1, 0.15) is 28.5 Å². The van der Waals surface area contributed by atoms with Crippen molar-refractivity contribution in [1.82, 2.24) is 14.8 Å². The quantitative estimate of drug-likeness (QED) is 0.610. The lowest BCUT2D eigenvalue weighted by molar-refractivity contribution is 0.793. The van der Waals surface area contributed by atoms with Crippen LogP contribution in [0, 0.1) is 13.8 Å². The normalized spacial score (nSPS) is 11.1. The summed E-state index contributed by atoms with van der Waals surface area (Å²) in [6, 6.07) is 8.50. The summed E-state index contributed by atoms with van der Waals surface area (Å²) in [5, 5.41) is 12.0. The first-order valence-electron chi connectivity index (χ1n) is 7.75. The van der Waals surface area contributed by atoms with Gasteiger partial charge >= 0.3 is 0 Å². The number of nitrogens with zero attached hydrogens (tertiary/aromatic N) is 3. The average Bonchev–Trinajstić information content (AvgIpc) is 3.09. The Balaban J connectivity index is 1.84. The molecule has 0 saturated carbocycles. The Bertz CT molecular complexity index is 818. The molecule has 0 bridgehead atoms. The summed E-state index contributed by atoms with van der Waals surface area (Å²) in [6.45, 7) is 6.53. The number of thioether (sulfide) groups is 1. The van der Waals surface area contributed by atoms with Gasteiger partial charge in [-0.1, -0.05) is 43.0 Å². The lowest BCUT2D eigenvalue weighted by atomic mass is 10.1. The van der Waals surface area contributed by atoms with E-state index in [1.54, 1.807) is 23.1 Å². The van der Waals surface area contributed by atoms with Crippen LogP contribution in [0.15, 0.2) is 34.8 Å². The zero-order valence-corrected chi connectivity index (χ0v) is 15.6. The van der Waals surface area contributed by atoms with E-state index in [1.807, 2.05) is 0 Å². The van der Waals surface area contributed by atoms with Gasteiger partial charge < -0.3 is 4.57 Å². The SMILES string of the molecule is CCc1c(-c2nnc(SCc3ccccc3C)n2C)csc1C. The minimum absolute atomic E-state index is 0.919. The Morgan fingerprint density at radius 1 is 1.17 bits per heavy atom. The Hall–Kier alpha value is -1.59. The van der Waals surface area contributed by atoms with Gasteiger partial charge in [-0.25, -0.2) is 0 Å². The lowest BCUT2D eigenvalue weighted by Crippen LogP contribution is -1.97. The van der Waals surface area contributed by atoms with Gasteiger partial charge in [0.2, 0.25) is 0 Å². The Morgan fingerprint density at radius 2 is 1.96 bits per heavy atom. The molecule has 120 valence electrons. The van der Waals surface area contributed by atoms with E-state index in [4.69, 9.17) is 0 Å². The molecule has 3 rings (SSSR count). The topological polar surface area (TPSA) is 30.7 Å². The molecule has 3 aromatic rings. The van der Waals surface area contributed by atoms with Crippen molar-refractivity contribution in [3.8, 4) is 11.4 Å². The largest absolute Gasteiger partial charge is 0.305 e. The van der Waals surface area contributed by atoms with Crippen molar-refractivity contribution in [3.05, 3.63) is 51.2 Å². The van der Waals surface area contributed by atoms with Crippen LogP contribution in [0.2, 0.25) is 0 Å². The third-order valence-electron chi connectivity index (χ3n) is 4.15. The molecule has 0 spiro atoms. The molecule has 0 N–H and O–H groups in total. The van der Waals surface area contributed by atoms with Gasteiger partial charge in [-0.05, 0) is 37.0 Å². The summed E-state index contributed by atoms with van der Waals surface area (Å²) in [6.07, 6.45) is 1.03. The van der Waals surface area contributed by atoms with Crippen molar-refractivity contribution >= 4 is 23.1 Å². The Labute approximate surface area is 145 Å². The molecular weight excluding hydrogens is 322 g/mol. The van der Waals surface area contributed by atoms with Gasteiger partial charge in [0, 0.05) is 28.6 Å². The molecule has 2 heterocycles. The number of hydrogen-bond acceptors (Lipinski definition) is 4.